The molecule has 1 amide bonds. The number of rotatable bonds is 4. The predicted octanol–water partition coefficient (Wildman–Crippen LogP) is 2.81. The van der Waals surface area contributed by atoms with Crippen molar-refractivity contribution >= 4 is 16.9 Å². The van der Waals surface area contributed by atoms with Crippen LogP contribution in [0, 0.1) is 6.92 Å². The Hall–Kier alpha value is -2.82. The first-order valence-corrected chi connectivity index (χ1v) is 7.04. The number of benzene rings is 2. The number of para-hydroxylation sites is 2. The number of fused-ring (bicyclic) bond motifs is 1. The smallest absolute Gasteiger partial charge is 0.253 e. The molecule has 2 N–H and O–H groups in total. The fourth-order valence-electron chi connectivity index (χ4n) is 2.46. The number of hydrogen-bond donors (Lipinski definition) is 2. The summed E-state index contributed by atoms with van der Waals surface area (Å²) < 4.78 is 5.29. The van der Waals surface area contributed by atoms with Crippen molar-refractivity contribution in [1.82, 2.24) is 15.3 Å². The average Bonchev–Trinajstić information content (AvgIpc) is 2.92. The van der Waals surface area contributed by atoms with Gasteiger partial charge >= 0.3 is 0 Å². The normalized spacial score (nSPS) is 10.6. The monoisotopic (exact) mass is 295 g/mol. The van der Waals surface area contributed by atoms with E-state index in [0.29, 0.717) is 17.6 Å². The molecule has 5 nitrogen and oxygen atoms in total. The number of ether oxygens (including phenoxy) is 1. The van der Waals surface area contributed by atoms with E-state index >= 15 is 0 Å². The van der Waals surface area contributed by atoms with Crippen molar-refractivity contribution in [3.63, 3.8) is 0 Å². The van der Waals surface area contributed by atoms with E-state index in [1.54, 1.807) is 13.2 Å². The summed E-state index contributed by atoms with van der Waals surface area (Å²) in [4.78, 5) is 20.0. The molecule has 5 heteroatoms. The average molecular weight is 295 g/mol. The number of carbonyl (C=O) groups is 1. The summed E-state index contributed by atoms with van der Waals surface area (Å²) in [6.07, 6.45) is 0. The molecule has 0 aliphatic carbocycles. The number of hydrogen-bond acceptors (Lipinski definition) is 3. The van der Waals surface area contributed by atoms with Crippen molar-refractivity contribution in [3.8, 4) is 5.75 Å². The summed E-state index contributed by atoms with van der Waals surface area (Å²) in [5, 5.41) is 2.92. The third-order valence-electron chi connectivity index (χ3n) is 3.51. The lowest BCUT2D eigenvalue weighted by atomic mass is 10.1. The van der Waals surface area contributed by atoms with Gasteiger partial charge in [-0.05, 0) is 25.1 Å². The molecule has 0 bridgehead atoms. The summed E-state index contributed by atoms with van der Waals surface area (Å²) in [5.41, 5.74) is 3.06. The van der Waals surface area contributed by atoms with Crippen LogP contribution in [0.5, 0.6) is 5.75 Å². The molecule has 0 aliphatic heterocycles. The zero-order chi connectivity index (χ0) is 15.5. The van der Waals surface area contributed by atoms with Gasteiger partial charge in [0.05, 0.1) is 18.2 Å². The first-order chi connectivity index (χ1) is 10.7. The summed E-state index contributed by atoms with van der Waals surface area (Å²) >= 11 is 0. The molecule has 0 aliphatic rings. The van der Waals surface area contributed by atoms with Crippen molar-refractivity contribution in [1.29, 1.82) is 0 Å². The fraction of sp³-hybridized carbons (Fsp3) is 0.176. The van der Waals surface area contributed by atoms with Gasteiger partial charge in [0, 0.05) is 12.1 Å². The molecule has 3 rings (SSSR count). The number of methoxy groups -OCH3 is 1. The van der Waals surface area contributed by atoms with Crippen LogP contribution in [0.3, 0.4) is 0 Å². The highest BCUT2D eigenvalue weighted by Gasteiger charge is 2.13. The van der Waals surface area contributed by atoms with E-state index in [1.807, 2.05) is 43.3 Å². The van der Waals surface area contributed by atoms with Gasteiger partial charge in [0.25, 0.3) is 5.91 Å². The van der Waals surface area contributed by atoms with Gasteiger partial charge < -0.3 is 15.0 Å². The van der Waals surface area contributed by atoms with E-state index < -0.39 is 0 Å². The maximum atomic E-state index is 12.4. The molecule has 0 saturated heterocycles. The second kappa shape index (κ2) is 5.89. The van der Waals surface area contributed by atoms with Crippen LogP contribution in [-0.2, 0) is 6.54 Å². The number of H-pyrrole nitrogens is 1. The lowest BCUT2D eigenvalue weighted by Crippen LogP contribution is -2.23. The molecule has 3 aromatic rings. The van der Waals surface area contributed by atoms with Crippen LogP contribution >= 0.6 is 0 Å². The van der Waals surface area contributed by atoms with E-state index in [1.165, 1.54) is 0 Å². The van der Waals surface area contributed by atoms with Crippen LogP contribution in [0.1, 0.15) is 21.7 Å². The highest BCUT2D eigenvalue weighted by molar-refractivity contribution is 6.04. The molecule has 22 heavy (non-hydrogen) atoms. The summed E-state index contributed by atoms with van der Waals surface area (Å²) in [7, 11) is 1.62. The van der Waals surface area contributed by atoms with E-state index in [0.717, 1.165) is 22.7 Å². The molecule has 0 radical (unpaired) electrons. The van der Waals surface area contributed by atoms with Gasteiger partial charge in [-0.3, -0.25) is 4.79 Å². The number of carbonyl (C=O) groups excluding carboxylic acids is 1. The molecule has 0 spiro atoms. The van der Waals surface area contributed by atoms with Gasteiger partial charge in [0.1, 0.15) is 17.1 Å². The lowest BCUT2D eigenvalue weighted by molar-refractivity contribution is 0.0952. The highest BCUT2D eigenvalue weighted by Crippen LogP contribution is 2.19. The zero-order valence-electron chi connectivity index (χ0n) is 12.5. The van der Waals surface area contributed by atoms with Crippen molar-refractivity contribution in [2.45, 2.75) is 13.5 Å². The second-order valence-corrected chi connectivity index (χ2v) is 5.02. The van der Waals surface area contributed by atoms with E-state index in [4.69, 9.17) is 4.74 Å². The molecular formula is C17H17N3O2. The second-order valence-electron chi connectivity index (χ2n) is 5.02. The van der Waals surface area contributed by atoms with Crippen molar-refractivity contribution < 1.29 is 9.53 Å². The van der Waals surface area contributed by atoms with Crippen LogP contribution in [0.25, 0.3) is 11.0 Å². The number of aromatic nitrogens is 2. The molecule has 0 saturated carbocycles. The Bertz CT molecular complexity index is 824. The predicted molar refractivity (Wildman–Crippen MR) is 85.0 cm³/mol. The molecule has 112 valence electrons. The Morgan fingerprint density at radius 3 is 2.86 bits per heavy atom. The molecule has 2 aromatic carbocycles. The Morgan fingerprint density at radius 1 is 1.23 bits per heavy atom. The van der Waals surface area contributed by atoms with Gasteiger partial charge in [-0.15, -0.1) is 0 Å². The first kappa shape index (κ1) is 14.1. The first-order valence-electron chi connectivity index (χ1n) is 7.04. The molecule has 1 heterocycles. The standard InChI is InChI=1S/C17H17N3O2/c1-11-19-14-8-5-7-13(16(14)20-11)17(21)18-10-12-6-3-4-9-15(12)22-2/h3-9H,10H2,1-2H3,(H,18,21)(H,19,20). The van der Waals surface area contributed by atoms with E-state index in [-0.39, 0.29) is 5.91 Å². The van der Waals surface area contributed by atoms with Crippen LogP contribution in [0.2, 0.25) is 0 Å². The molecule has 1 aromatic heterocycles. The lowest BCUT2D eigenvalue weighted by Gasteiger charge is -2.09. The fourth-order valence-corrected chi connectivity index (χ4v) is 2.46. The number of aromatic amines is 1. The van der Waals surface area contributed by atoms with Crippen molar-refractivity contribution in [2.24, 2.45) is 0 Å². The third-order valence-corrected chi connectivity index (χ3v) is 3.51. The van der Waals surface area contributed by atoms with Gasteiger partial charge in [-0.2, -0.15) is 0 Å². The maximum Gasteiger partial charge on any atom is 0.253 e. The summed E-state index contributed by atoms with van der Waals surface area (Å²) in [5.74, 6) is 1.40. The number of imidazole rings is 1. The number of nitrogens with zero attached hydrogens (tertiary/aromatic N) is 1. The Morgan fingerprint density at radius 2 is 2.05 bits per heavy atom. The van der Waals surface area contributed by atoms with Gasteiger partial charge in [0.2, 0.25) is 0 Å². The van der Waals surface area contributed by atoms with Gasteiger partial charge in [-0.1, -0.05) is 24.3 Å². The zero-order valence-corrected chi connectivity index (χ0v) is 12.5. The minimum atomic E-state index is -0.150. The minimum Gasteiger partial charge on any atom is -0.496 e. The van der Waals surface area contributed by atoms with Crippen LogP contribution < -0.4 is 10.1 Å². The largest absolute Gasteiger partial charge is 0.496 e. The number of nitrogens with one attached hydrogen (secondary N) is 2. The van der Waals surface area contributed by atoms with Gasteiger partial charge in [-0.25, -0.2) is 4.98 Å². The topological polar surface area (TPSA) is 67.0 Å². The Balaban J connectivity index is 1.82. The van der Waals surface area contributed by atoms with Crippen LogP contribution in [-0.4, -0.2) is 23.0 Å². The Labute approximate surface area is 128 Å². The number of aryl methyl sites for hydroxylation is 1. The quantitative estimate of drug-likeness (QED) is 0.777. The summed E-state index contributed by atoms with van der Waals surface area (Å²) in [6.45, 7) is 2.28. The maximum absolute atomic E-state index is 12.4. The van der Waals surface area contributed by atoms with E-state index in [2.05, 4.69) is 15.3 Å². The van der Waals surface area contributed by atoms with E-state index in [9.17, 15) is 4.79 Å². The summed E-state index contributed by atoms with van der Waals surface area (Å²) in [6, 6.07) is 13.2. The minimum absolute atomic E-state index is 0.150. The van der Waals surface area contributed by atoms with Gasteiger partial charge in [0.15, 0.2) is 0 Å². The molecule has 0 atom stereocenters. The van der Waals surface area contributed by atoms with Crippen LogP contribution in [0.4, 0.5) is 0 Å². The van der Waals surface area contributed by atoms with Crippen molar-refractivity contribution in [2.75, 3.05) is 7.11 Å². The molecular weight excluding hydrogens is 278 g/mol. The molecule has 0 unspecified atom stereocenters. The number of amides is 1. The van der Waals surface area contributed by atoms with Crippen molar-refractivity contribution in [3.05, 3.63) is 59.4 Å². The molecule has 0 fully saturated rings. The van der Waals surface area contributed by atoms with Crippen LogP contribution in [0.15, 0.2) is 42.5 Å². The SMILES string of the molecule is COc1ccccc1CNC(=O)c1cccc2[nH]c(C)nc12. The Kier molecular flexibility index (Phi) is 3.78. The highest BCUT2D eigenvalue weighted by atomic mass is 16.5. The third kappa shape index (κ3) is 2.65.